The Bertz CT molecular complexity index is 528. The molecule has 2 aromatic rings. The topological polar surface area (TPSA) is 50.9 Å². The molecule has 94 valence electrons. The van der Waals surface area contributed by atoms with E-state index in [-0.39, 0.29) is 5.82 Å². The Kier molecular flexibility index (Phi) is 4.12. The predicted molar refractivity (Wildman–Crippen MR) is 70.9 cm³/mol. The van der Waals surface area contributed by atoms with Crippen LogP contribution >= 0.6 is 11.6 Å². The standard InChI is InChI=1S/C13H13ClFN3/c14-11-3-4-13(18-8-11)17-7-10-2-1-9(6-16)5-12(10)15/h1-5,8H,6-7,16H2,(H,17,18). The van der Waals surface area contributed by atoms with Crippen LogP contribution in [0.3, 0.4) is 0 Å². The molecule has 0 atom stereocenters. The van der Waals surface area contributed by atoms with Gasteiger partial charge in [-0.2, -0.15) is 0 Å². The molecule has 0 saturated carbocycles. The lowest BCUT2D eigenvalue weighted by Gasteiger charge is -2.07. The zero-order valence-corrected chi connectivity index (χ0v) is 10.4. The van der Waals surface area contributed by atoms with Gasteiger partial charge >= 0.3 is 0 Å². The predicted octanol–water partition coefficient (Wildman–Crippen LogP) is 2.94. The summed E-state index contributed by atoms with van der Waals surface area (Å²) < 4.78 is 13.7. The van der Waals surface area contributed by atoms with Crippen molar-refractivity contribution in [2.24, 2.45) is 5.73 Å². The maximum Gasteiger partial charge on any atom is 0.128 e. The number of rotatable bonds is 4. The van der Waals surface area contributed by atoms with Crippen molar-refractivity contribution in [2.45, 2.75) is 13.1 Å². The number of nitrogens with zero attached hydrogens (tertiary/aromatic N) is 1. The Morgan fingerprint density at radius 3 is 2.72 bits per heavy atom. The Morgan fingerprint density at radius 2 is 2.11 bits per heavy atom. The number of nitrogens with one attached hydrogen (secondary N) is 1. The second-order valence-corrected chi connectivity index (χ2v) is 4.28. The second-order valence-electron chi connectivity index (χ2n) is 3.85. The fourth-order valence-electron chi connectivity index (χ4n) is 1.53. The van der Waals surface area contributed by atoms with Crippen LogP contribution in [0.2, 0.25) is 5.02 Å². The maximum absolute atomic E-state index is 13.7. The van der Waals surface area contributed by atoms with Gasteiger partial charge in [-0.3, -0.25) is 0 Å². The third kappa shape index (κ3) is 3.18. The molecule has 0 aliphatic heterocycles. The molecule has 0 saturated heterocycles. The summed E-state index contributed by atoms with van der Waals surface area (Å²) in [5.41, 5.74) is 6.79. The summed E-state index contributed by atoms with van der Waals surface area (Å²) in [6.07, 6.45) is 1.54. The lowest BCUT2D eigenvalue weighted by Crippen LogP contribution is -2.04. The lowest BCUT2D eigenvalue weighted by molar-refractivity contribution is 0.610. The van der Waals surface area contributed by atoms with E-state index in [9.17, 15) is 4.39 Å². The van der Waals surface area contributed by atoms with Gasteiger partial charge in [-0.05, 0) is 23.8 Å². The molecular formula is C13H13ClFN3. The highest BCUT2D eigenvalue weighted by Gasteiger charge is 2.03. The van der Waals surface area contributed by atoms with E-state index in [1.54, 1.807) is 18.2 Å². The lowest BCUT2D eigenvalue weighted by atomic mass is 10.1. The number of anilines is 1. The van der Waals surface area contributed by atoms with Crippen LogP contribution in [0.1, 0.15) is 11.1 Å². The minimum absolute atomic E-state index is 0.264. The Balaban J connectivity index is 2.04. The van der Waals surface area contributed by atoms with Gasteiger partial charge in [-0.25, -0.2) is 9.37 Å². The summed E-state index contributed by atoms with van der Waals surface area (Å²) in [5.74, 6) is 0.390. The molecule has 0 unspecified atom stereocenters. The minimum Gasteiger partial charge on any atom is -0.366 e. The van der Waals surface area contributed by atoms with E-state index in [1.807, 2.05) is 6.07 Å². The third-order valence-electron chi connectivity index (χ3n) is 2.54. The SMILES string of the molecule is NCc1ccc(CNc2ccc(Cl)cn2)c(F)c1. The molecule has 0 spiro atoms. The van der Waals surface area contributed by atoms with Gasteiger partial charge in [0.1, 0.15) is 11.6 Å². The minimum atomic E-state index is -0.264. The van der Waals surface area contributed by atoms with Crippen molar-refractivity contribution in [2.75, 3.05) is 5.32 Å². The fourth-order valence-corrected chi connectivity index (χ4v) is 1.64. The third-order valence-corrected chi connectivity index (χ3v) is 2.76. The number of hydrogen-bond acceptors (Lipinski definition) is 3. The maximum atomic E-state index is 13.7. The van der Waals surface area contributed by atoms with E-state index in [0.717, 1.165) is 5.56 Å². The first-order valence-corrected chi connectivity index (χ1v) is 5.89. The van der Waals surface area contributed by atoms with Gasteiger partial charge in [-0.1, -0.05) is 23.7 Å². The molecule has 3 nitrogen and oxygen atoms in total. The summed E-state index contributed by atoms with van der Waals surface area (Å²) in [5, 5.41) is 3.59. The van der Waals surface area contributed by atoms with Crippen LogP contribution in [-0.2, 0) is 13.1 Å². The van der Waals surface area contributed by atoms with Gasteiger partial charge in [0, 0.05) is 24.8 Å². The molecule has 5 heteroatoms. The summed E-state index contributed by atoms with van der Waals surface area (Å²) in [6, 6.07) is 8.46. The largest absolute Gasteiger partial charge is 0.366 e. The van der Waals surface area contributed by atoms with E-state index >= 15 is 0 Å². The second kappa shape index (κ2) is 5.80. The van der Waals surface area contributed by atoms with Crippen molar-refractivity contribution in [1.82, 2.24) is 4.98 Å². The molecule has 2 rings (SSSR count). The highest BCUT2D eigenvalue weighted by atomic mass is 35.5. The van der Waals surface area contributed by atoms with E-state index in [0.29, 0.717) is 29.5 Å². The average Bonchev–Trinajstić information content (AvgIpc) is 2.39. The first-order valence-electron chi connectivity index (χ1n) is 5.52. The van der Waals surface area contributed by atoms with E-state index in [1.165, 1.54) is 12.3 Å². The molecule has 1 aromatic heterocycles. The van der Waals surface area contributed by atoms with Crippen LogP contribution < -0.4 is 11.1 Å². The molecule has 1 aromatic carbocycles. The van der Waals surface area contributed by atoms with E-state index in [2.05, 4.69) is 10.3 Å². The molecule has 1 heterocycles. The van der Waals surface area contributed by atoms with Crippen LogP contribution in [0.5, 0.6) is 0 Å². The van der Waals surface area contributed by atoms with Crippen molar-refractivity contribution in [3.63, 3.8) is 0 Å². The highest BCUT2D eigenvalue weighted by Crippen LogP contribution is 2.14. The molecular weight excluding hydrogens is 253 g/mol. The van der Waals surface area contributed by atoms with Crippen molar-refractivity contribution in [3.8, 4) is 0 Å². The van der Waals surface area contributed by atoms with Crippen LogP contribution in [0.25, 0.3) is 0 Å². The molecule has 3 N–H and O–H groups in total. The van der Waals surface area contributed by atoms with E-state index in [4.69, 9.17) is 17.3 Å². The molecule has 0 radical (unpaired) electrons. The molecule has 0 bridgehead atoms. The van der Waals surface area contributed by atoms with Gasteiger partial charge in [-0.15, -0.1) is 0 Å². The van der Waals surface area contributed by atoms with E-state index < -0.39 is 0 Å². The average molecular weight is 266 g/mol. The van der Waals surface area contributed by atoms with Crippen molar-refractivity contribution in [1.29, 1.82) is 0 Å². The van der Waals surface area contributed by atoms with Gasteiger partial charge in [0.25, 0.3) is 0 Å². The smallest absolute Gasteiger partial charge is 0.128 e. The van der Waals surface area contributed by atoms with Crippen LogP contribution in [0.15, 0.2) is 36.5 Å². The Morgan fingerprint density at radius 1 is 1.28 bits per heavy atom. The summed E-state index contributed by atoms with van der Waals surface area (Å²) in [6.45, 7) is 0.703. The molecule has 0 amide bonds. The zero-order valence-electron chi connectivity index (χ0n) is 9.66. The van der Waals surface area contributed by atoms with Crippen molar-refractivity contribution < 1.29 is 4.39 Å². The van der Waals surface area contributed by atoms with Gasteiger partial charge in [0.05, 0.1) is 5.02 Å². The molecule has 0 fully saturated rings. The number of benzene rings is 1. The van der Waals surface area contributed by atoms with Gasteiger partial charge in [0.15, 0.2) is 0 Å². The first-order chi connectivity index (χ1) is 8.69. The Hall–Kier alpha value is -1.65. The zero-order chi connectivity index (χ0) is 13.0. The van der Waals surface area contributed by atoms with Crippen molar-refractivity contribution in [3.05, 3.63) is 58.5 Å². The van der Waals surface area contributed by atoms with Crippen LogP contribution in [-0.4, -0.2) is 4.98 Å². The summed E-state index contributed by atoms with van der Waals surface area (Å²) in [7, 11) is 0. The monoisotopic (exact) mass is 265 g/mol. The first kappa shape index (κ1) is 12.8. The fraction of sp³-hybridized carbons (Fsp3) is 0.154. The van der Waals surface area contributed by atoms with Crippen LogP contribution in [0.4, 0.5) is 10.2 Å². The van der Waals surface area contributed by atoms with Crippen LogP contribution in [0, 0.1) is 5.82 Å². The Labute approximate surface area is 110 Å². The molecule has 0 aliphatic carbocycles. The number of nitrogens with two attached hydrogens (primary N) is 1. The normalized spacial score (nSPS) is 10.4. The van der Waals surface area contributed by atoms with Crippen molar-refractivity contribution >= 4 is 17.4 Å². The highest BCUT2D eigenvalue weighted by molar-refractivity contribution is 6.30. The number of pyridine rings is 1. The summed E-state index contributed by atoms with van der Waals surface area (Å²) >= 11 is 5.73. The number of hydrogen-bond donors (Lipinski definition) is 2. The number of halogens is 2. The quantitative estimate of drug-likeness (QED) is 0.894. The number of aromatic nitrogens is 1. The molecule has 18 heavy (non-hydrogen) atoms. The van der Waals surface area contributed by atoms with Gasteiger partial charge < -0.3 is 11.1 Å². The van der Waals surface area contributed by atoms with Gasteiger partial charge in [0.2, 0.25) is 0 Å². The molecule has 0 aliphatic rings. The summed E-state index contributed by atoms with van der Waals surface area (Å²) in [4.78, 5) is 4.07.